The summed E-state index contributed by atoms with van der Waals surface area (Å²) in [5, 5.41) is 8.72. The van der Waals surface area contributed by atoms with E-state index in [0.29, 0.717) is 11.1 Å². The number of fused-ring (bicyclic) bond motifs is 2. The molecule has 1 aliphatic heterocycles. The number of hydrogen-bond acceptors (Lipinski definition) is 5. The van der Waals surface area contributed by atoms with Gasteiger partial charge >= 0.3 is 0 Å². The van der Waals surface area contributed by atoms with Gasteiger partial charge in [-0.25, -0.2) is 19.6 Å². The third kappa shape index (κ3) is 3.30. The highest BCUT2D eigenvalue weighted by atomic mass is 35.5. The largest absolute Gasteiger partial charge is 0.365 e. The highest BCUT2D eigenvalue weighted by Crippen LogP contribution is 2.30. The zero-order valence-corrected chi connectivity index (χ0v) is 15.8. The van der Waals surface area contributed by atoms with Crippen LogP contribution in [0.5, 0.6) is 0 Å². The molecule has 1 atom stereocenters. The molecule has 1 aromatic carbocycles. The normalized spacial score (nSPS) is 18.6. The van der Waals surface area contributed by atoms with E-state index in [1.54, 1.807) is 6.33 Å². The number of aryl methyl sites for hydroxylation is 2. The second-order valence-electron chi connectivity index (χ2n) is 7.28. The molecule has 7 heteroatoms. The lowest BCUT2D eigenvalue weighted by Gasteiger charge is -2.27. The van der Waals surface area contributed by atoms with E-state index in [2.05, 4.69) is 15.4 Å². The van der Waals surface area contributed by atoms with E-state index in [9.17, 15) is 0 Å². The lowest BCUT2D eigenvalue weighted by molar-refractivity contribution is 0.440. The molecule has 3 aromatic rings. The summed E-state index contributed by atoms with van der Waals surface area (Å²) in [5.41, 5.74) is 3.41. The van der Waals surface area contributed by atoms with Crippen LogP contribution in [0.4, 0.5) is 5.82 Å². The van der Waals surface area contributed by atoms with Crippen molar-refractivity contribution >= 4 is 17.4 Å². The van der Waals surface area contributed by atoms with Gasteiger partial charge in [0.05, 0.1) is 6.54 Å². The average molecular weight is 381 g/mol. The summed E-state index contributed by atoms with van der Waals surface area (Å²) in [5.74, 6) is 2.79. The molecule has 138 valence electrons. The summed E-state index contributed by atoms with van der Waals surface area (Å²) >= 11 is 6.18. The highest BCUT2D eigenvalue weighted by Gasteiger charge is 2.24. The predicted octanol–water partition coefficient (Wildman–Crippen LogP) is 3.69. The number of benzene rings is 1. The van der Waals surface area contributed by atoms with Crippen molar-refractivity contribution in [2.24, 2.45) is 0 Å². The highest BCUT2D eigenvalue weighted by molar-refractivity contribution is 6.30. The Labute approximate surface area is 163 Å². The zero-order valence-electron chi connectivity index (χ0n) is 15.0. The molecule has 2 aromatic heterocycles. The monoisotopic (exact) mass is 380 g/mol. The van der Waals surface area contributed by atoms with E-state index >= 15 is 0 Å². The Hall–Kier alpha value is -2.47. The van der Waals surface area contributed by atoms with Crippen LogP contribution in [0.15, 0.2) is 30.6 Å². The first-order chi connectivity index (χ1) is 13.3. The number of rotatable bonds is 3. The van der Waals surface area contributed by atoms with Crippen LogP contribution < -0.4 is 5.32 Å². The molecule has 0 saturated carbocycles. The quantitative estimate of drug-likeness (QED) is 0.750. The molecule has 0 radical (unpaired) electrons. The van der Waals surface area contributed by atoms with Gasteiger partial charge in [0.15, 0.2) is 5.82 Å². The number of nitrogens with zero attached hydrogens (tertiary/aromatic N) is 5. The standard InChI is InChI=1S/C20H21ClN6/c21-14-5-3-4-13(10-14)19-25-17-7-2-1-6-16(17)20(26-19)24-15-8-9-18-22-12-23-27(18)11-15/h3-5,10,12,15H,1-2,6-9,11H2,(H,24,25,26). The Morgan fingerprint density at radius 1 is 1.11 bits per heavy atom. The number of anilines is 1. The van der Waals surface area contributed by atoms with E-state index < -0.39 is 0 Å². The van der Waals surface area contributed by atoms with Crippen LogP contribution in [0, 0.1) is 0 Å². The van der Waals surface area contributed by atoms with Crippen LogP contribution in [-0.2, 0) is 25.8 Å². The fourth-order valence-corrected chi connectivity index (χ4v) is 4.21. The van der Waals surface area contributed by atoms with Gasteiger partial charge < -0.3 is 5.32 Å². The minimum absolute atomic E-state index is 0.298. The van der Waals surface area contributed by atoms with E-state index in [0.717, 1.165) is 55.3 Å². The molecule has 1 aliphatic carbocycles. The summed E-state index contributed by atoms with van der Waals surface area (Å²) in [4.78, 5) is 14.1. The van der Waals surface area contributed by atoms with Crippen molar-refractivity contribution < 1.29 is 0 Å². The summed E-state index contributed by atoms with van der Waals surface area (Å²) in [6.45, 7) is 0.820. The predicted molar refractivity (Wildman–Crippen MR) is 105 cm³/mol. The maximum atomic E-state index is 6.18. The third-order valence-electron chi connectivity index (χ3n) is 5.41. The number of aromatic nitrogens is 5. The molecule has 27 heavy (non-hydrogen) atoms. The first kappa shape index (κ1) is 16.7. The van der Waals surface area contributed by atoms with E-state index in [1.165, 1.54) is 24.1 Å². The van der Waals surface area contributed by atoms with Crippen LogP contribution >= 0.6 is 11.6 Å². The van der Waals surface area contributed by atoms with Gasteiger partial charge in [-0.1, -0.05) is 23.7 Å². The van der Waals surface area contributed by atoms with Gasteiger partial charge in [0.1, 0.15) is 18.0 Å². The Bertz CT molecular complexity index is 982. The fourth-order valence-electron chi connectivity index (χ4n) is 4.02. The van der Waals surface area contributed by atoms with Gasteiger partial charge in [0.2, 0.25) is 0 Å². The first-order valence-corrected chi connectivity index (χ1v) is 9.93. The molecule has 0 fully saturated rings. The maximum Gasteiger partial charge on any atom is 0.161 e. The Balaban J connectivity index is 1.50. The Morgan fingerprint density at radius 2 is 2.04 bits per heavy atom. The van der Waals surface area contributed by atoms with E-state index in [-0.39, 0.29) is 0 Å². The topological polar surface area (TPSA) is 68.5 Å². The van der Waals surface area contributed by atoms with Gasteiger partial charge in [-0.2, -0.15) is 5.10 Å². The van der Waals surface area contributed by atoms with Crippen LogP contribution in [0.2, 0.25) is 5.02 Å². The number of hydrogen-bond donors (Lipinski definition) is 1. The van der Waals surface area contributed by atoms with Crippen molar-refractivity contribution in [2.45, 2.75) is 51.1 Å². The van der Waals surface area contributed by atoms with Gasteiger partial charge in [0.25, 0.3) is 0 Å². The Morgan fingerprint density at radius 3 is 2.96 bits per heavy atom. The molecular weight excluding hydrogens is 360 g/mol. The van der Waals surface area contributed by atoms with Gasteiger partial charge in [0, 0.05) is 34.3 Å². The SMILES string of the molecule is Clc1cccc(-c2nc3c(c(NC4CCc5ncnn5C4)n2)CCCC3)c1. The molecule has 0 saturated heterocycles. The van der Waals surface area contributed by atoms with Crippen LogP contribution in [0.25, 0.3) is 11.4 Å². The summed E-state index contributed by atoms with van der Waals surface area (Å²) < 4.78 is 1.99. The molecule has 1 unspecified atom stereocenters. The van der Waals surface area contributed by atoms with Crippen molar-refractivity contribution in [3.63, 3.8) is 0 Å². The molecule has 3 heterocycles. The second-order valence-corrected chi connectivity index (χ2v) is 7.71. The number of nitrogens with one attached hydrogen (secondary N) is 1. The van der Waals surface area contributed by atoms with Crippen LogP contribution in [0.1, 0.15) is 36.3 Å². The molecule has 6 nitrogen and oxygen atoms in total. The smallest absolute Gasteiger partial charge is 0.161 e. The van der Waals surface area contributed by atoms with Crippen molar-refractivity contribution in [2.75, 3.05) is 5.32 Å². The van der Waals surface area contributed by atoms with Crippen molar-refractivity contribution in [1.82, 2.24) is 24.7 Å². The minimum atomic E-state index is 0.298. The number of halogens is 1. The van der Waals surface area contributed by atoms with E-state index in [1.807, 2.05) is 28.9 Å². The van der Waals surface area contributed by atoms with Crippen molar-refractivity contribution in [3.05, 3.63) is 52.7 Å². The fraction of sp³-hybridized carbons (Fsp3) is 0.400. The Kier molecular flexibility index (Phi) is 4.28. The minimum Gasteiger partial charge on any atom is -0.365 e. The zero-order chi connectivity index (χ0) is 18.2. The van der Waals surface area contributed by atoms with Crippen molar-refractivity contribution in [1.29, 1.82) is 0 Å². The third-order valence-corrected chi connectivity index (χ3v) is 5.65. The van der Waals surface area contributed by atoms with Crippen LogP contribution in [0.3, 0.4) is 0 Å². The second kappa shape index (κ2) is 6.93. The van der Waals surface area contributed by atoms with Gasteiger partial charge in [-0.15, -0.1) is 0 Å². The lowest BCUT2D eigenvalue weighted by atomic mass is 9.95. The molecule has 2 aliphatic rings. The summed E-state index contributed by atoms with van der Waals surface area (Å²) in [6.07, 6.45) is 8.04. The molecular formula is C20H21ClN6. The van der Waals surface area contributed by atoms with Gasteiger partial charge in [-0.05, 0) is 44.2 Å². The van der Waals surface area contributed by atoms with Crippen molar-refractivity contribution in [3.8, 4) is 11.4 Å². The average Bonchev–Trinajstić information content (AvgIpc) is 3.16. The van der Waals surface area contributed by atoms with E-state index in [4.69, 9.17) is 21.6 Å². The molecule has 1 N–H and O–H groups in total. The lowest BCUT2D eigenvalue weighted by Crippen LogP contribution is -2.33. The van der Waals surface area contributed by atoms with Crippen LogP contribution in [-0.4, -0.2) is 30.8 Å². The molecule has 0 bridgehead atoms. The maximum absolute atomic E-state index is 6.18. The summed E-state index contributed by atoms with van der Waals surface area (Å²) in [6, 6.07) is 8.06. The van der Waals surface area contributed by atoms with Gasteiger partial charge in [-0.3, -0.25) is 0 Å². The molecule has 0 amide bonds. The first-order valence-electron chi connectivity index (χ1n) is 9.55. The molecule has 0 spiro atoms. The summed E-state index contributed by atoms with van der Waals surface area (Å²) in [7, 11) is 0. The molecule has 5 rings (SSSR count).